The Kier molecular flexibility index (Phi) is 4.51. The van der Waals surface area contributed by atoms with Gasteiger partial charge in [0.25, 0.3) is 5.91 Å². The Labute approximate surface area is 142 Å². The molecule has 0 saturated carbocycles. The summed E-state index contributed by atoms with van der Waals surface area (Å²) in [4.78, 5) is 16.4. The number of nitrogens with one attached hydrogen (secondary N) is 1. The predicted molar refractivity (Wildman–Crippen MR) is 89.4 cm³/mol. The third-order valence-electron chi connectivity index (χ3n) is 3.77. The van der Waals surface area contributed by atoms with E-state index >= 15 is 0 Å². The van der Waals surface area contributed by atoms with Crippen molar-refractivity contribution in [3.63, 3.8) is 0 Å². The lowest BCUT2D eigenvalue weighted by molar-refractivity contribution is 0.0916. The molecule has 124 valence electrons. The van der Waals surface area contributed by atoms with Crippen molar-refractivity contribution in [2.45, 2.75) is 6.10 Å². The Morgan fingerprint density at radius 2 is 2.17 bits per heavy atom. The van der Waals surface area contributed by atoms with Gasteiger partial charge in [0.1, 0.15) is 5.82 Å². The average molecular weight is 348 g/mol. The number of amides is 1. The number of aliphatic hydroxyl groups is 1. The number of imidazole rings is 1. The third-order valence-corrected chi connectivity index (χ3v) is 4.08. The van der Waals surface area contributed by atoms with Gasteiger partial charge in [-0.1, -0.05) is 17.7 Å². The average Bonchev–Trinajstić information content (AvgIpc) is 2.95. The molecule has 1 amide bonds. The van der Waals surface area contributed by atoms with Gasteiger partial charge in [0.05, 0.1) is 28.5 Å². The van der Waals surface area contributed by atoms with Gasteiger partial charge in [-0.25, -0.2) is 9.37 Å². The predicted octanol–water partition coefficient (Wildman–Crippen LogP) is 2.83. The largest absolute Gasteiger partial charge is 0.387 e. The van der Waals surface area contributed by atoms with Crippen molar-refractivity contribution in [1.29, 1.82) is 0 Å². The molecule has 0 aliphatic carbocycles. The van der Waals surface area contributed by atoms with Gasteiger partial charge in [-0.2, -0.15) is 0 Å². The minimum Gasteiger partial charge on any atom is -0.387 e. The molecule has 1 aromatic heterocycles. The number of hydrogen-bond donors (Lipinski definition) is 2. The fraction of sp³-hybridized carbons (Fsp3) is 0.176. The summed E-state index contributed by atoms with van der Waals surface area (Å²) in [5.74, 6) is -0.948. The highest BCUT2D eigenvalue weighted by atomic mass is 35.5. The molecule has 2 N–H and O–H groups in total. The highest BCUT2D eigenvalue weighted by molar-refractivity contribution is 6.30. The number of carbonyl (C=O) groups is 1. The Hall–Kier alpha value is -2.44. The fourth-order valence-electron chi connectivity index (χ4n) is 2.41. The van der Waals surface area contributed by atoms with Gasteiger partial charge in [0.2, 0.25) is 0 Å². The zero-order valence-corrected chi connectivity index (χ0v) is 13.6. The topological polar surface area (TPSA) is 67.2 Å². The molecule has 1 unspecified atom stereocenters. The highest BCUT2D eigenvalue weighted by Gasteiger charge is 2.13. The normalized spacial score (nSPS) is 12.3. The number of aliphatic hydroxyl groups excluding tert-OH is 1. The molecule has 0 spiro atoms. The molecule has 5 nitrogen and oxygen atoms in total. The minimum atomic E-state index is -1.03. The number of aryl methyl sites for hydroxylation is 1. The first-order chi connectivity index (χ1) is 11.5. The van der Waals surface area contributed by atoms with Crippen LogP contribution in [0, 0.1) is 5.82 Å². The van der Waals surface area contributed by atoms with Gasteiger partial charge < -0.3 is 15.0 Å². The van der Waals surface area contributed by atoms with Crippen molar-refractivity contribution in [2.75, 3.05) is 6.54 Å². The van der Waals surface area contributed by atoms with Gasteiger partial charge in [-0.15, -0.1) is 0 Å². The Morgan fingerprint density at radius 1 is 1.38 bits per heavy atom. The molecule has 0 fully saturated rings. The van der Waals surface area contributed by atoms with Crippen molar-refractivity contribution in [1.82, 2.24) is 14.9 Å². The van der Waals surface area contributed by atoms with Crippen LogP contribution in [0.15, 0.2) is 42.7 Å². The zero-order chi connectivity index (χ0) is 17.3. The van der Waals surface area contributed by atoms with Gasteiger partial charge in [-0.05, 0) is 35.9 Å². The van der Waals surface area contributed by atoms with E-state index in [1.165, 1.54) is 12.1 Å². The number of benzene rings is 2. The van der Waals surface area contributed by atoms with E-state index in [0.717, 1.165) is 11.6 Å². The van der Waals surface area contributed by atoms with Crippen LogP contribution in [0.1, 0.15) is 22.0 Å². The number of carbonyl (C=O) groups excluding carboxylic acids is 1. The molecule has 3 rings (SSSR count). The van der Waals surface area contributed by atoms with Crippen molar-refractivity contribution in [3.05, 3.63) is 64.7 Å². The summed E-state index contributed by atoms with van der Waals surface area (Å²) < 4.78 is 15.3. The number of aromatic nitrogens is 2. The van der Waals surface area contributed by atoms with Crippen LogP contribution in [0.3, 0.4) is 0 Å². The van der Waals surface area contributed by atoms with E-state index < -0.39 is 11.9 Å². The lowest BCUT2D eigenvalue weighted by Gasteiger charge is -2.13. The van der Waals surface area contributed by atoms with Gasteiger partial charge in [0, 0.05) is 19.2 Å². The molecule has 0 saturated heterocycles. The van der Waals surface area contributed by atoms with E-state index in [1.807, 2.05) is 17.7 Å². The number of halogens is 2. The standard InChI is InChI=1S/C17H15ClFN3O2/c1-22-9-21-14-7-11(3-5-15(14)22)17(24)20-8-16(23)10-2-4-12(18)13(19)6-10/h2-7,9,16,23H,8H2,1H3,(H,20,24). The van der Waals surface area contributed by atoms with Crippen LogP contribution in [0.4, 0.5) is 4.39 Å². The lowest BCUT2D eigenvalue weighted by Crippen LogP contribution is -2.28. The van der Waals surface area contributed by atoms with Crippen LogP contribution < -0.4 is 5.32 Å². The minimum absolute atomic E-state index is 0.0151. The van der Waals surface area contributed by atoms with E-state index in [-0.39, 0.29) is 17.5 Å². The van der Waals surface area contributed by atoms with E-state index in [1.54, 1.807) is 18.5 Å². The first-order valence-electron chi connectivity index (χ1n) is 7.28. The summed E-state index contributed by atoms with van der Waals surface area (Å²) in [5, 5.41) is 12.7. The molecule has 24 heavy (non-hydrogen) atoms. The third kappa shape index (κ3) is 3.25. The second-order valence-corrected chi connectivity index (χ2v) is 5.87. The maximum atomic E-state index is 13.4. The maximum Gasteiger partial charge on any atom is 0.251 e. The molecule has 0 aliphatic heterocycles. The van der Waals surface area contributed by atoms with Crippen molar-refractivity contribution < 1.29 is 14.3 Å². The van der Waals surface area contributed by atoms with Crippen LogP contribution in [0.25, 0.3) is 11.0 Å². The summed E-state index contributed by atoms with van der Waals surface area (Å²) in [6, 6.07) is 9.21. The number of rotatable bonds is 4. The summed E-state index contributed by atoms with van der Waals surface area (Å²) in [5.41, 5.74) is 2.42. The fourth-order valence-corrected chi connectivity index (χ4v) is 2.52. The molecule has 2 aromatic carbocycles. The van der Waals surface area contributed by atoms with Crippen LogP contribution in [0.5, 0.6) is 0 Å². The smallest absolute Gasteiger partial charge is 0.251 e. The number of fused-ring (bicyclic) bond motifs is 1. The van der Waals surface area contributed by atoms with Crippen molar-refractivity contribution >= 4 is 28.5 Å². The summed E-state index contributed by atoms with van der Waals surface area (Å²) in [6.45, 7) is -0.0415. The first kappa shape index (κ1) is 16.4. The van der Waals surface area contributed by atoms with Crippen LogP contribution in [-0.2, 0) is 7.05 Å². The quantitative estimate of drug-likeness (QED) is 0.762. The first-order valence-corrected chi connectivity index (χ1v) is 7.66. The Morgan fingerprint density at radius 3 is 2.92 bits per heavy atom. The molecule has 0 aliphatic rings. The molecule has 1 atom stereocenters. The van der Waals surface area contributed by atoms with E-state index in [4.69, 9.17) is 11.6 Å². The molecular weight excluding hydrogens is 333 g/mol. The summed E-state index contributed by atoms with van der Waals surface area (Å²) in [7, 11) is 1.87. The zero-order valence-electron chi connectivity index (χ0n) is 12.8. The lowest BCUT2D eigenvalue weighted by atomic mass is 10.1. The van der Waals surface area contributed by atoms with E-state index in [0.29, 0.717) is 16.6 Å². The second-order valence-electron chi connectivity index (χ2n) is 5.46. The monoisotopic (exact) mass is 347 g/mol. The maximum absolute atomic E-state index is 13.4. The number of nitrogens with zero attached hydrogens (tertiary/aromatic N) is 2. The molecular formula is C17H15ClFN3O2. The Bertz CT molecular complexity index is 910. The molecule has 0 radical (unpaired) electrons. The second kappa shape index (κ2) is 6.59. The van der Waals surface area contributed by atoms with Gasteiger partial charge in [0.15, 0.2) is 0 Å². The molecule has 3 aromatic rings. The molecule has 7 heteroatoms. The number of hydrogen-bond acceptors (Lipinski definition) is 3. The van der Waals surface area contributed by atoms with Gasteiger partial charge in [-0.3, -0.25) is 4.79 Å². The SMILES string of the molecule is Cn1cnc2cc(C(=O)NCC(O)c3ccc(Cl)c(F)c3)ccc21. The van der Waals surface area contributed by atoms with E-state index in [2.05, 4.69) is 10.3 Å². The molecule has 1 heterocycles. The summed E-state index contributed by atoms with van der Waals surface area (Å²) >= 11 is 5.61. The highest BCUT2D eigenvalue weighted by Crippen LogP contribution is 2.20. The molecule has 0 bridgehead atoms. The van der Waals surface area contributed by atoms with Crippen LogP contribution in [0.2, 0.25) is 5.02 Å². The Balaban J connectivity index is 1.68. The van der Waals surface area contributed by atoms with Crippen LogP contribution >= 0.6 is 11.6 Å². The van der Waals surface area contributed by atoms with Crippen molar-refractivity contribution in [2.24, 2.45) is 7.05 Å². The van der Waals surface area contributed by atoms with Gasteiger partial charge >= 0.3 is 0 Å². The van der Waals surface area contributed by atoms with Crippen LogP contribution in [-0.4, -0.2) is 27.1 Å². The van der Waals surface area contributed by atoms with Crippen molar-refractivity contribution in [3.8, 4) is 0 Å². The van der Waals surface area contributed by atoms with E-state index in [9.17, 15) is 14.3 Å². The summed E-state index contributed by atoms with van der Waals surface area (Å²) in [6.07, 6.45) is 0.643.